The zero-order valence-electron chi connectivity index (χ0n) is 17.8. The van der Waals surface area contributed by atoms with Crippen molar-refractivity contribution in [1.82, 2.24) is 9.80 Å². The first-order valence-corrected chi connectivity index (χ1v) is 10.1. The van der Waals surface area contributed by atoms with Crippen LogP contribution in [0.15, 0.2) is 12.1 Å². The van der Waals surface area contributed by atoms with E-state index in [1.807, 2.05) is 11.8 Å². The minimum atomic E-state index is -0.722. The fraction of sp³-hybridized carbons (Fsp3) is 0.619. The predicted octanol–water partition coefficient (Wildman–Crippen LogP) is 0.867. The molecular weight excluding hydrogens is 392 g/mol. The Morgan fingerprint density at radius 2 is 1.50 bits per heavy atom. The zero-order valence-corrected chi connectivity index (χ0v) is 17.8. The highest BCUT2D eigenvalue weighted by molar-refractivity contribution is 5.87. The lowest BCUT2D eigenvalue weighted by Crippen LogP contribution is -2.52. The van der Waals surface area contributed by atoms with Crippen LogP contribution in [0.3, 0.4) is 0 Å². The SMILES string of the molecule is COc1cc(C)cc(OC)c1OC(=O)C(CC(=O)N1CCOCC1)N1CCOCC1. The lowest BCUT2D eigenvalue weighted by atomic mass is 10.1. The largest absolute Gasteiger partial charge is 0.493 e. The molecule has 2 heterocycles. The van der Waals surface area contributed by atoms with Crippen LogP contribution in [0.25, 0.3) is 0 Å². The molecule has 0 spiro atoms. The third-order valence-electron chi connectivity index (χ3n) is 5.30. The Labute approximate surface area is 176 Å². The monoisotopic (exact) mass is 422 g/mol. The molecule has 2 aliphatic heterocycles. The van der Waals surface area contributed by atoms with Gasteiger partial charge in [0.25, 0.3) is 0 Å². The number of amides is 1. The van der Waals surface area contributed by atoms with Gasteiger partial charge in [0.1, 0.15) is 6.04 Å². The predicted molar refractivity (Wildman–Crippen MR) is 108 cm³/mol. The molecule has 1 atom stereocenters. The lowest BCUT2D eigenvalue weighted by molar-refractivity contribution is -0.148. The molecule has 1 aromatic rings. The van der Waals surface area contributed by atoms with Gasteiger partial charge in [-0.2, -0.15) is 0 Å². The lowest BCUT2D eigenvalue weighted by Gasteiger charge is -2.34. The van der Waals surface area contributed by atoms with Crippen LogP contribution in [0.5, 0.6) is 17.2 Å². The molecule has 0 aromatic heterocycles. The quantitative estimate of drug-likeness (QED) is 0.473. The highest BCUT2D eigenvalue weighted by Crippen LogP contribution is 2.38. The molecule has 0 radical (unpaired) electrons. The van der Waals surface area contributed by atoms with E-state index in [1.54, 1.807) is 17.0 Å². The third kappa shape index (κ3) is 5.41. The molecule has 2 aliphatic rings. The highest BCUT2D eigenvalue weighted by atomic mass is 16.6. The molecule has 2 fully saturated rings. The summed E-state index contributed by atoms with van der Waals surface area (Å²) < 4.78 is 27.3. The van der Waals surface area contributed by atoms with Crippen LogP contribution in [-0.4, -0.2) is 94.5 Å². The van der Waals surface area contributed by atoms with E-state index in [0.29, 0.717) is 64.1 Å². The number of rotatable bonds is 7. The first-order valence-electron chi connectivity index (χ1n) is 10.1. The summed E-state index contributed by atoms with van der Waals surface area (Å²) >= 11 is 0. The van der Waals surface area contributed by atoms with E-state index in [2.05, 4.69) is 0 Å². The fourth-order valence-electron chi connectivity index (χ4n) is 3.64. The van der Waals surface area contributed by atoms with Crippen LogP contribution in [-0.2, 0) is 19.1 Å². The fourth-order valence-corrected chi connectivity index (χ4v) is 3.64. The van der Waals surface area contributed by atoms with Gasteiger partial charge in [-0.1, -0.05) is 0 Å². The van der Waals surface area contributed by atoms with Crippen molar-refractivity contribution in [3.05, 3.63) is 17.7 Å². The van der Waals surface area contributed by atoms with E-state index >= 15 is 0 Å². The van der Waals surface area contributed by atoms with Gasteiger partial charge in [-0.25, -0.2) is 4.79 Å². The number of benzene rings is 1. The first kappa shape index (κ1) is 22.3. The molecule has 30 heavy (non-hydrogen) atoms. The maximum Gasteiger partial charge on any atom is 0.329 e. The summed E-state index contributed by atoms with van der Waals surface area (Å²) in [6.45, 7) is 6.10. The van der Waals surface area contributed by atoms with Gasteiger partial charge in [0.2, 0.25) is 11.7 Å². The number of ether oxygens (including phenoxy) is 5. The van der Waals surface area contributed by atoms with Gasteiger partial charge in [-0.05, 0) is 24.6 Å². The van der Waals surface area contributed by atoms with Crippen LogP contribution >= 0.6 is 0 Å². The third-order valence-corrected chi connectivity index (χ3v) is 5.30. The van der Waals surface area contributed by atoms with E-state index in [9.17, 15) is 9.59 Å². The summed E-state index contributed by atoms with van der Waals surface area (Å²) in [6.07, 6.45) is 0.0370. The number of aryl methyl sites for hydroxylation is 1. The minimum absolute atomic E-state index is 0.0370. The number of hydrogen-bond donors (Lipinski definition) is 0. The molecule has 9 nitrogen and oxygen atoms in total. The number of nitrogens with zero attached hydrogens (tertiary/aromatic N) is 2. The average Bonchev–Trinajstić information content (AvgIpc) is 2.79. The average molecular weight is 422 g/mol. The van der Waals surface area contributed by atoms with Gasteiger partial charge in [0, 0.05) is 26.2 Å². The van der Waals surface area contributed by atoms with Gasteiger partial charge in [-0.3, -0.25) is 9.69 Å². The van der Waals surface area contributed by atoms with Gasteiger partial charge >= 0.3 is 5.97 Å². The molecule has 2 saturated heterocycles. The molecule has 0 aliphatic carbocycles. The molecule has 9 heteroatoms. The Balaban J connectivity index is 1.80. The number of methoxy groups -OCH3 is 2. The topological polar surface area (TPSA) is 86.8 Å². The maximum absolute atomic E-state index is 13.2. The van der Waals surface area contributed by atoms with Crippen molar-refractivity contribution < 1.29 is 33.3 Å². The normalized spacial score (nSPS) is 18.6. The maximum atomic E-state index is 13.2. The van der Waals surface area contributed by atoms with Crippen molar-refractivity contribution in [1.29, 1.82) is 0 Å². The highest BCUT2D eigenvalue weighted by Gasteiger charge is 2.34. The number of carbonyl (C=O) groups is 2. The van der Waals surface area contributed by atoms with Crippen molar-refractivity contribution in [3.63, 3.8) is 0 Å². The molecule has 0 bridgehead atoms. The second-order valence-corrected chi connectivity index (χ2v) is 7.28. The zero-order chi connectivity index (χ0) is 21.5. The standard InChI is InChI=1S/C21H30N2O7/c1-15-12-17(26-2)20(18(13-15)27-3)30-21(25)16(22-4-8-28-9-5-22)14-19(24)23-6-10-29-11-7-23/h12-13,16H,4-11,14H2,1-3H3. The van der Waals surface area contributed by atoms with Crippen molar-refractivity contribution in [2.75, 3.05) is 66.8 Å². The first-order chi connectivity index (χ1) is 14.5. The molecule has 1 aromatic carbocycles. The van der Waals surface area contributed by atoms with Crippen LogP contribution in [0.2, 0.25) is 0 Å². The van der Waals surface area contributed by atoms with Crippen molar-refractivity contribution in [2.24, 2.45) is 0 Å². The summed E-state index contributed by atoms with van der Waals surface area (Å²) in [5.41, 5.74) is 0.913. The van der Waals surface area contributed by atoms with Gasteiger partial charge in [-0.15, -0.1) is 0 Å². The summed E-state index contributed by atoms with van der Waals surface area (Å²) in [5.74, 6) is 0.419. The van der Waals surface area contributed by atoms with E-state index in [0.717, 1.165) is 5.56 Å². The van der Waals surface area contributed by atoms with Crippen LogP contribution in [0.1, 0.15) is 12.0 Å². The summed E-state index contributed by atoms with van der Waals surface area (Å²) in [7, 11) is 3.01. The summed E-state index contributed by atoms with van der Waals surface area (Å²) in [6, 6.07) is 2.82. The van der Waals surface area contributed by atoms with Gasteiger partial charge in [0.05, 0.1) is 47.1 Å². The number of morpholine rings is 2. The van der Waals surface area contributed by atoms with Gasteiger partial charge in [0.15, 0.2) is 11.5 Å². The summed E-state index contributed by atoms with van der Waals surface area (Å²) in [5, 5.41) is 0. The van der Waals surface area contributed by atoms with Crippen LogP contribution in [0.4, 0.5) is 0 Å². The molecule has 1 unspecified atom stereocenters. The minimum Gasteiger partial charge on any atom is -0.493 e. The number of carbonyl (C=O) groups excluding carboxylic acids is 2. The smallest absolute Gasteiger partial charge is 0.329 e. The molecular formula is C21H30N2O7. The van der Waals surface area contributed by atoms with Crippen molar-refractivity contribution in [3.8, 4) is 17.2 Å². The Bertz CT molecular complexity index is 718. The Morgan fingerprint density at radius 1 is 0.967 bits per heavy atom. The van der Waals surface area contributed by atoms with Gasteiger partial charge < -0.3 is 28.6 Å². The molecule has 166 valence electrons. The van der Waals surface area contributed by atoms with Crippen LogP contribution in [0, 0.1) is 6.92 Å². The molecule has 1 amide bonds. The summed E-state index contributed by atoms with van der Waals surface area (Å²) in [4.78, 5) is 29.8. The number of esters is 1. The Morgan fingerprint density at radius 3 is 2.03 bits per heavy atom. The second kappa shape index (κ2) is 10.6. The molecule has 3 rings (SSSR count). The Hall–Kier alpha value is -2.36. The van der Waals surface area contributed by atoms with E-state index in [1.165, 1.54) is 14.2 Å². The Kier molecular flexibility index (Phi) is 7.89. The number of hydrogen-bond acceptors (Lipinski definition) is 8. The van der Waals surface area contributed by atoms with Crippen molar-refractivity contribution in [2.45, 2.75) is 19.4 Å². The van der Waals surface area contributed by atoms with E-state index in [-0.39, 0.29) is 18.1 Å². The molecule has 0 N–H and O–H groups in total. The van der Waals surface area contributed by atoms with E-state index < -0.39 is 12.0 Å². The van der Waals surface area contributed by atoms with Crippen LogP contribution < -0.4 is 14.2 Å². The second-order valence-electron chi connectivity index (χ2n) is 7.28. The molecule has 0 saturated carbocycles. The van der Waals surface area contributed by atoms with Crippen molar-refractivity contribution >= 4 is 11.9 Å². The van der Waals surface area contributed by atoms with E-state index in [4.69, 9.17) is 23.7 Å².